The second-order valence-electron chi connectivity index (χ2n) is 5.79. The number of benzene rings is 1. The first kappa shape index (κ1) is 15.8. The van der Waals surface area contributed by atoms with Crippen molar-refractivity contribution in [2.24, 2.45) is 5.92 Å². The SMILES string of the molecule is N#Cc1ccc(S(=O)(=O)N(CC2CCOC2)C2CC2)cc1Cl. The summed E-state index contributed by atoms with van der Waals surface area (Å²) < 4.78 is 32.7. The molecule has 5 nitrogen and oxygen atoms in total. The normalized spacial score (nSPS) is 22.0. The van der Waals surface area contributed by atoms with E-state index in [-0.39, 0.29) is 27.4 Å². The molecular formula is C15H17ClN2O3S. The molecule has 0 N–H and O–H groups in total. The summed E-state index contributed by atoms with van der Waals surface area (Å²) in [7, 11) is -3.59. The average molecular weight is 341 g/mol. The van der Waals surface area contributed by atoms with E-state index in [1.807, 2.05) is 6.07 Å². The third kappa shape index (κ3) is 3.13. The summed E-state index contributed by atoms with van der Waals surface area (Å²) in [6, 6.07) is 6.31. The number of nitrogens with zero attached hydrogens (tertiary/aromatic N) is 2. The summed E-state index contributed by atoms with van der Waals surface area (Å²) in [5, 5.41) is 9.07. The quantitative estimate of drug-likeness (QED) is 0.825. The minimum absolute atomic E-state index is 0.0834. The Labute approximate surface area is 135 Å². The molecule has 1 aromatic carbocycles. The molecule has 0 aromatic heterocycles. The van der Waals surface area contributed by atoms with E-state index in [1.165, 1.54) is 18.2 Å². The lowest BCUT2D eigenvalue weighted by atomic mass is 10.1. The van der Waals surface area contributed by atoms with Crippen molar-refractivity contribution >= 4 is 21.6 Å². The van der Waals surface area contributed by atoms with Gasteiger partial charge in [0.1, 0.15) is 6.07 Å². The van der Waals surface area contributed by atoms with Gasteiger partial charge in [-0.3, -0.25) is 0 Å². The van der Waals surface area contributed by atoms with E-state index < -0.39 is 10.0 Å². The maximum atomic E-state index is 12.9. The molecule has 0 radical (unpaired) electrons. The highest BCUT2D eigenvalue weighted by Crippen LogP contribution is 2.34. The summed E-state index contributed by atoms with van der Waals surface area (Å²) in [6.45, 7) is 1.81. The molecule has 1 atom stereocenters. The molecule has 1 aliphatic carbocycles. The van der Waals surface area contributed by atoms with Crippen molar-refractivity contribution < 1.29 is 13.2 Å². The Balaban J connectivity index is 1.88. The molecule has 2 aliphatic rings. The van der Waals surface area contributed by atoms with Crippen LogP contribution in [0.25, 0.3) is 0 Å². The Bertz CT molecular complexity index is 704. The predicted octanol–water partition coefficient (Wildman–Crippen LogP) is 2.40. The van der Waals surface area contributed by atoms with Gasteiger partial charge in [-0.2, -0.15) is 9.57 Å². The molecule has 1 aliphatic heterocycles. The maximum absolute atomic E-state index is 12.9. The Kier molecular flexibility index (Phi) is 4.42. The van der Waals surface area contributed by atoms with Crippen LogP contribution in [0.5, 0.6) is 0 Å². The fourth-order valence-electron chi connectivity index (χ4n) is 2.67. The van der Waals surface area contributed by atoms with Crippen LogP contribution in [0.15, 0.2) is 23.1 Å². The fourth-order valence-corrected chi connectivity index (χ4v) is 4.75. The number of sulfonamides is 1. The molecule has 22 heavy (non-hydrogen) atoms. The lowest BCUT2D eigenvalue weighted by Gasteiger charge is -2.24. The second kappa shape index (κ2) is 6.17. The third-order valence-corrected chi connectivity index (χ3v) is 6.31. The smallest absolute Gasteiger partial charge is 0.243 e. The van der Waals surface area contributed by atoms with Crippen molar-refractivity contribution in [2.45, 2.75) is 30.2 Å². The summed E-state index contributed by atoms with van der Waals surface area (Å²) in [4.78, 5) is 0.155. The van der Waals surface area contributed by atoms with Gasteiger partial charge in [0, 0.05) is 19.2 Å². The maximum Gasteiger partial charge on any atom is 0.243 e. The van der Waals surface area contributed by atoms with Crippen molar-refractivity contribution in [3.63, 3.8) is 0 Å². The van der Waals surface area contributed by atoms with Crippen molar-refractivity contribution in [1.82, 2.24) is 4.31 Å². The second-order valence-corrected chi connectivity index (χ2v) is 8.09. The zero-order chi connectivity index (χ0) is 15.7. The van der Waals surface area contributed by atoms with Gasteiger partial charge < -0.3 is 4.74 Å². The van der Waals surface area contributed by atoms with Crippen LogP contribution in [0.4, 0.5) is 0 Å². The van der Waals surface area contributed by atoms with E-state index >= 15 is 0 Å². The first-order chi connectivity index (χ1) is 10.5. The topological polar surface area (TPSA) is 70.4 Å². The summed E-state index contributed by atoms with van der Waals surface area (Å²) in [5.74, 6) is 0.254. The Morgan fingerprint density at radius 3 is 2.68 bits per heavy atom. The van der Waals surface area contributed by atoms with Gasteiger partial charge in [-0.1, -0.05) is 11.6 Å². The minimum Gasteiger partial charge on any atom is -0.381 e. The molecule has 2 fully saturated rings. The predicted molar refractivity (Wildman–Crippen MR) is 82.0 cm³/mol. The molecule has 1 saturated carbocycles. The molecule has 1 aromatic rings. The first-order valence-corrected chi connectivity index (χ1v) is 9.13. The molecule has 1 saturated heterocycles. The Hall–Kier alpha value is -1.13. The zero-order valence-corrected chi connectivity index (χ0v) is 13.6. The number of hydrogen-bond acceptors (Lipinski definition) is 4. The van der Waals surface area contributed by atoms with Gasteiger partial charge in [0.15, 0.2) is 0 Å². The zero-order valence-electron chi connectivity index (χ0n) is 12.0. The number of ether oxygens (including phenoxy) is 1. The van der Waals surface area contributed by atoms with Gasteiger partial charge in [0.05, 0.1) is 22.1 Å². The van der Waals surface area contributed by atoms with Crippen LogP contribution >= 0.6 is 11.6 Å². The number of nitriles is 1. The van der Waals surface area contributed by atoms with Gasteiger partial charge in [-0.15, -0.1) is 0 Å². The van der Waals surface area contributed by atoms with E-state index in [0.29, 0.717) is 19.8 Å². The summed E-state index contributed by atoms with van der Waals surface area (Å²) in [5.41, 5.74) is 0.280. The lowest BCUT2D eigenvalue weighted by Crippen LogP contribution is -2.37. The number of hydrogen-bond donors (Lipinski definition) is 0. The van der Waals surface area contributed by atoms with Crippen molar-refractivity contribution in [3.8, 4) is 6.07 Å². The van der Waals surface area contributed by atoms with E-state index in [9.17, 15) is 8.42 Å². The van der Waals surface area contributed by atoms with Crippen LogP contribution in [0.2, 0.25) is 5.02 Å². The van der Waals surface area contributed by atoms with E-state index in [2.05, 4.69) is 0 Å². The summed E-state index contributed by atoms with van der Waals surface area (Å²) >= 11 is 5.98. The monoisotopic (exact) mass is 340 g/mol. The van der Waals surface area contributed by atoms with Crippen molar-refractivity contribution in [3.05, 3.63) is 28.8 Å². The molecular weight excluding hydrogens is 324 g/mol. The van der Waals surface area contributed by atoms with E-state index in [1.54, 1.807) is 4.31 Å². The van der Waals surface area contributed by atoms with Gasteiger partial charge in [0.2, 0.25) is 10.0 Å². The molecule has 0 spiro atoms. The molecule has 7 heteroatoms. The molecule has 1 unspecified atom stereocenters. The Morgan fingerprint density at radius 2 is 2.14 bits per heavy atom. The largest absolute Gasteiger partial charge is 0.381 e. The fraction of sp³-hybridized carbons (Fsp3) is 0.533. The van der Waals surface area contributed by atoms with Crippen LogP contribution < -0.4 is 0 Å². The van der Waals surface area contributed by atoms with Crippen LogP contribution in [0.1, 0.15) is 24.8 Å². The van der Waals surface area contributed by atoms with Gasteiger partial charge in [0.25, 0.3) is 0 Å². The molecule has 0 amide bonds. The van der Waals surface area contributed by atoms with Crippen LogP contribution in [0.3, 0.4) is 0 Å². The molecule has 1 heterocycles. The van der Waals surface area contributed by atoms with Crippen LogP contribution in [-0.2, 0) is 14.8 Å². The molecule has 118 valence electrons. The van der Waals surface area contributed by atoms with Crippen molar-refractivity contribution in [1.29, 1.82) is 5.26 Å². The highest BCUT2D eigenvalue weighted by molar-refractivity contribution is 7.89. The third-order valence-electron chi connectivity index (χ3n) is 4.08. The highest BCUT2D eigenvalue weighted by atomic mass is 35.5. The van der Waals surface area contributed by atoms with Crippen LogP contribution in [0, 0.1) is 17.2 Å². The molecule has 0 bridgehead atoms. The highest BCUT2D eigenvalue weighted by Gasteiger charge is 2.39. The molecule has 3 rings (SSSR count). The van der Waals surface area contributed by atoms with Gasteiger partial charge in [-0.05, 0) is 43.4 Å². The average Bonchev–Trinajstić information content (AvgIpc) is 3.20. The van der Waals surface area contributed by atoms with Gasteiger partial charge in [-0.25, -0.2) is 8.42 Å². The Morgan fingerprint density at radius 1 is 1.36 bits per heavy atom. The van der Waals surface area contributed by atoms with Crippen LogP contribution in [-0.4, -0.2) is 38.5 Å². The standard InChI is InChI=1S/C15H17ClN2O3S/c16-15-7-14(4-1-12(15)8-17)22(19,20)18(13-2-3-13)9-11-5-6-21-10-11/h1,4,7,11,13H,2-3,5-6,9-10H2. The van der Waals surface area contributed by atoms with E-state index in [0.717, 1.165) is 19.3 Å². The number of rotatable bonds is 5. The lowest BCUT2D eigenvalue weighted by molar-refractivity contribution is 0.180. The number of halogens is 1. The summed E-state index contributed by atoms with van der Waals surface area (Å²) in [6.07, 6.45) is 2.69. The van der Waals surface area contributed by atoms with E-state index in [4.69, 9.17) is 21.6 Å². The van der Waals surface area contributed by atoms with Gasteiger partial charge >= 0.3 is 0 Å². The minimum atomic E-state index is -3.59. The van der Waals surface area contributed by atoms with Crippen molar-refractivity contribution in [2.75, 3.05) is 19.8 Å². The first-order valence-electron chi connectivity index (χ1n) is 7.31.